The molecule has 4 heteroatoms. The van der Waals surface area contributed by atoms with Crippen LogP contribution in [0.2, 0.25) is 0 Å². The van der Waals surface area contributed by atoms with Gasteiger partial charge in [0.15, 0.2) is 0 Å². The van der Waals surface area contributed by atoms with Gasteiger partial charge in [-0.2, -0.15) is 0 Å². The van der Waals surface area contributed by atoms with E-state index in [9.17, 15) is 4.79 Å². The number of rotatable bonds is 3. The van der Waals surface area contributed by atoms with Crippen LogP contribution in [0.4, 0.5) is 0 Å². The second kappa shape index (κ2) is 7.98. The zero-order chi connectivity index (χ0) is 14.7. The number of hydrogen-bond donors (Lipinski definition) is 1. The third-order valence-electron chi connectivity index (χ3n) is 5.36. The lowest BCUT2D eigenvalue weighted by molar-refractivity contribution is -0.137. The van der Waals surface area contributed by atoms with Gasteiger partial charge in [-0.3, -0.25) is 4.79 Å². The van der Waals surface area contributed by atoms with Crippen LogP contribution in [0, 0.1) is 11.8 Å². The minimum atomic E-state index is 0. The molecule has 0 spiro atoms. The van der Waals surface area contributed by atoms with E-state index in [4.69, 9.17) is 5.73 Å². The van der Waals surface area contributed by atoms with Crippen LogP contribution in [-0.2, 0) is 4.79 Å². The summed E-state index contributed by atoms with van der Waals surface area (Å²) >= 11 is 0. The van der Waals surface area contributed by atoms with Crippen LogP contribution in [0.25, 0.3) is 0 Å². The van der Waals surface area contributed by atoms with Gasteiger partial charge in [-0.05, 0) is 49.6 Å². The molecule has 2 aliphatic rings. The molecule has 1 heterocycles. The molecule has 0 bridgehead atoms. The molecule has 0 radical (unpaired) electrons. The van der Waals surface area contributed by atoms with Gasteiger partial charge in [0.1, 0.15) is 0 Å². The summed E-state index contributed by atoms with van der Waals surface area (Å²) in [6.07, 6.45) is 5.52. The molecule has 1 aliphatic carbocycles. The van der Waals surface area contributed by atoms with Gasteiger partial charge in [0.05, 0.1) is 0 Å². The van der Waals surface area contributed by atoms with Gasteiger partial charge in [-0.15, -0.1) is 12.4 Å². The molecule has 1 amide bonds. The van der Waals surface area contributed by atoms with E-state index >= 15 is 0 Å². The van der Waals surface area contributed by atoms with E-state index in [1.807, 2.05) is 0 Å². The Morgan fingerprint density at radius 2 is 1.77 bits per heavy atom. The molecule has 1 saturated heterocycles. The van der Waals surface area contributed by atoms with Crippen molar-refractivity contribution in [2.75, 3.05) is 19.6 Å². The largest absolute Gasteiger partial charge is 0.342 e. The van der Waals surface area contributed by atoms with Gasteiger partial charge in [0.25, 0.3) is 0 Å². The topological polar surface area (TPSA) is 46.3 Å². The van der Waals surface area contributed by atoms with E-state index in [0.29, 0.717) is 24.3 Å². The molecule has 122 valence electrons. The summed E-state index contributed by atoms with van der Waals surface area (Å²) in [7, 11) is 0. The summed E-state index contributed by atoms with van der Waals surface area (Å²) < 4.78 is 0. The number of carbonyl (C=O) groups is 1. The maximum Gasteiger partial charge on any atom is 0.226 e. The monoisotopic (exact) mass is 322 g/mol. The van der Waals surface area contributed by atoms with Gasteiger partial charge >= 0.3 is 0 Å². The Bertz CT molecular complexity index is 471. The quantitative estimate of drug-likeness (QED) is 0.929. The lowest BCUT2D eigenvalue weighted by Gasteiger charge is -2.34. The number of piperidine rings is 1. The van der Waals surface area contributed by atoms with Gasteiger partial charge in [0.2, 0.25) is 5.91 Å². The number of likely N-dealkylation sites (tertiary alicyclic amines) is 1. The van der Waals surface area contributed by atoms with Crippen LogP contribution < -0.4 is 5.73 Å². The predicted molar refractivity (Wildman–Crippen MR) is 92.1 cm³/mol. The van der Waals surface area contributed by atoms with E-state index in [1.54, 1.807) is 0 Å². The molecular formula is C18H27ClN2O. The van der Waals surface area contributed by atoms with Crippen LogP contribution in [0.15, 0.2) is 30.3 Å². The Kier molecular flexibility index (Phi) is 6.27. The average Bonchev–Trinajstić information content (AvgIpc) is 3.04. The number of amides is 1. The lowest BCUT2D eigenvalue weighted by Crippen LogP contribution is -2.43. The third kappa shape index (κ3) is 3.64. The second-order valence-corrected chi connectivity index (χ2v) is 6.54. The summed E-state index contributed by atoms with van der Waals surface area (Å²) in [5.41, 5.74) is 7.24. The van der Waals surface area contributed by atoms with Gasteiger partial charge in [-0.25, -0.2) is 0 Å². The first kappa shape index (κ1) is 17.3. The fourth-order valence-electron chi connectivity index (χ4n) is 4.04. The predicted octanol–water partition coefficient (Wildman–Crippen LogP) is 3.19. The summed E-state index contributed by atoms with van der Waals surface area (Å²) in [6, 6.07) is 10.7. The summed E-state index contributed by atoms with van der Waals surface area (Å²) in [4.78, 5) is 14.8. The maximum atomic E-state index is 12.7. The van der Waals surface area contributed by atoms with Crippen LogP contribution in [0.5, 0.6) is 0 Å². The number of benzene rings is 1. The highest BCUT2D eigenvalue weighted by Crippen LogP contribution is 2.34. The van der Waals surface area contributed by atoms with E-state index in [-0.39, 0.29) is 18.3 Å². The first-order chi connectivity index (χ1) is 10.3. The van der Waals surface area contributed by atoms with Crippen molar-refractivity contribution in [3.8, 4) is 0 Å². The molecule has 3 nitrogen and oxygen atoms in total. The number of hydrogen-bond acceptors (Lipinski definition) is 2. The van der Waals surface area contributed by atoms with Gasteiger partial charge in [0, 0.05) is 19.0 Å². The summed E-state index contributed by atoms with van der Waals surface area (Å²) in [6.45, 7) is 2.48. The van der Waals surface area contributed by atoms with E-state index in [0.717, 1.165) is 38.8 Å². The summed E-state index contributed by atoms with van der Waals surface area (Å²) in [5.74, 6) is 1.60. The molecule has 1 saturated carbocycles. The molecule has 22 heavy (non-hydrogen) atoms. The molecule has 2 atom stereocenters. The number of nitrogens with zero attached hydrogens (tertiary/aromatic N) is 1. The standard InChI is InChI=1S/C18H26N2O.ClH/c19-13-16-7-4-8-17(16)18(21)20-11-9-15(10-12-20)14-5-2-1-3-6-14;/h1-3,5-6,15-17H,4,7-13,19H2;1H/t16-,17-;/m1./s1. The van der Waals surface area contributed by atoms with Crippen LogP contribution >= 0.6 is 12.4 Å². The average molecular weight is 323 g/mol. The maximum absolute atomic E-state index is 12.7. The lowest BCUT2D eigenvalue weighted by atomic mass is 9.88. The van der Waals surface area contributed by atoms with E-state index in [1.165, 1.54) is 12.0 Å². The van der Waals surface area contributed by atoms with Crippen LogP contribution in [0.3, 0.4) is 0 Å². The number of nitrogens with two attached hydrogens (primary N) is 1. The van der Waals surface area contributed by atoms with E-state index in [2.05, 4.69) is 35.2 Å². The van der Waals surface area contributed by atoms with Crippen molar-refractivity contribution in [3.63, 3.8) is 0 Å². The molecule has 1 aliphatic heterocycles. The molecule has 2 N–H and O–H groups in total. The van der Waals surface area contributed by atoms with Gasteiger partial charge < -0.3 is 10.6 Å². The third-order valence-corrected chi connectivity index (χ3v) is 5.36. The van der Waals surface area contributed by atoms with Crippen molar-refractivity contribution in [2.45, 2.75) is 38.0 Å². The minimum absolute atomic E-state index is 0. The zero-order valence-corrected chi connectivity index (χ0v) is 13.9. The number of halogens is 1. The molecule has 0 unspecified atom stereocenters. The molecular weight excluding hydrogens is 296 g/mol. The van der Waals surface area contributed by atoms with Crippen molar-refractivity contribution in [2.24, 2.45) is 17.6 Å². The Balaban J connectivity index is 0.00000176. The highest BCUT2D eigenvalue weighted by atomic mass is 35.5. The molecule has 0 aromatic heterocycles. The van der Waals surface area contributed by atoms with Crippen molar-refractivity contribution in [1.29, 1.82) is 0 Å². The normalized spacial score (nSPS) is 25.8. The first-order valence-corrected chi connectivity index (χ1v) is 8.33. The Morgan fingerprint density at radius 3 is 2.41 bits per heavy atom. The highest BCUT2D eigenvalue weighted by Gasteiger charge is 2.35. The van der Waals surface area contributed by atoms with Crippen molar-refractivity contribution >= 4 is 18.3 Å². The number of carbonyl (C=O) groups excluding carboxylic acids is 1. The molecule has 2 fully saturated rings. The molecule has 3 rings (SSSR count). The SMILES string of the molecule is Cl.NC[C@H]1CCC[C@H]1C(=O)N1CCC(c2ccccc2)CC1. The van der Waals surface area contributed by atoms with Crippen molar-refractivity contribution in [3.05, 3.63) is 35.9 Å². The molecule has 1 aromatic rings. The van der Waals surface area contributed by atoms with Crippen molar-refractivity contribution in [1.82, 2.24) is 4.90 Å². The van der Waals surface area contributed by atoms with Gasteiger partial charge in [-0.1, -0.05) is 36.8 Å². The fraction of sp³-hybridized carbons (Fsp3) is 0.611. The summed E-state index contributed by atoms with van der Waals surface area (Å²) in [5, 5.41) is 0. The Hall–Kier alpha value is -1.06. The fourth-order valence-corrected chi connectivity index (χ4v) is 4.04. The molecule has 1 aromatic carbocycles. The second-order valence-electron chi connectivity index (χ2n) is 6.54. The smallest absolute Gasteiger partial charge is 0.226 e. The first-order valence-electron chi connectivity index (χ1n) is 8.33. The Labute approximate surface area is 139 Å². The van der Waals surface area contributed by atoms with Crippen LogP contribution in [-0.4, -0.2) is 30.4 Å². The highest BCUT2D eigenvalue weighted by molar-refractivity contribution is 5.85. The zero-order valence-electron chi connectivity index (χ0n) is 13.1. The Morgan fingerprint density at radius 1 is 1.09 bits per heavy atom. The van der Waals surface area contributed by atoms with E-state index < -0.39 is 0 Å². The van der Waals surface area contributed by atoms with Crippen molar-refractivity contribution < 1.29 is 4.79 Å². The van der Waals surface area contributed by atoms with Crippen LogP contribution in [0.1, 0.15) is 43.6 Å². The minimum Gasteiger partial charge on any atom is -0.342 e.